The monoisotopic (exact) mass is 206 g/mol. The minimum absolute atomic E-state index is 0.216. The van der Waals surface area contributed by atoms with Crippen LogP contribution in [0.15, 0.2) is 30.6 Å². The minimum Gasteiger partial charge on any atom is -0.480 e. The smallest absolute Gasteiger partial charge is 0.329 e. The summed E-state index contributed by atoms with van der Waals surface area (Å²) in [5, 5.41) is 8.38. The summed E-state index contributed by atoms with van der Waals surface area (Å²) < 4.78 is 6.80. The van der Waals surface area contributed by atoms with Crippen LogP contribution in [0.1, 0.15) is 5.69 Å². The average molecular weight is 206 g/mol. The Morgan fingerprint density at radius 3 is 3.13 bits per heavy atom. The van der Waals surface area contributed by atoms with Crippen molar-refractivity contribution in [3.8, 4) is 0 Å². The summed E-state index contributed by atoms with van der Waals surface area (Å²) in [5.41, 5.74) is 1.55. The number of nitrogens with zero attached hydrogens (tertiary/aromatic N) is 2. The first-order valence-electron chi connectivity index (χ1n) is 4.48. The van der Waals surface area contributed by atoms with Gasteiger partial charge in [-0.1, -0.05) is 6.07 Å². The van der Waals surface area contributed by atoms with Crippen molar-refractivity contribution in [1.82, 2.24) is 9.38 Å². The van der Waals surface area contributed by atoms with Crippen molar-refractivity contribution in [2.75, 3.05) is 6.61 Å². The Labute approximate surface area is 85.9 Å². The first-order chi connectivity index (χ1) is 7.25. The van der Waals surface area contributed by atoms with Gasteiger partial charge in [-0.25, -0.2) is 9.78 Å². The van der Waals surface area contributed by atoms with Gasteiger partial charge in [-0.3, -0.25) is 0 Å². The van der Waals surface area contributed by atoms with Crippen LogP contribution in [0.4, 0.5) is 0 Å². The SMILES string of the molecule is O=C(O)COCc1cn2ccccc2n1. The van der Waals surface area contributed by atoms with Crippen molar-refractivity contribution < 1.29 is 14.6 Å². The van der Waals surface area contributed by atoms with Gasteiger partial charge >= 0.3 is 5.97 Å². The molecule has 0 amide bonds. The molecule has 15 heavy (non-hydrogen) atoms. The van der Waals surface area contributed by atoms with Crippen LogP contribution >= 0.6 is 0 Å². The van der Waals surface area contributed by atoms with Crippen LogP contribution in [0.2, 0.25) is 0 Å². The Hall–Kier alpha value is -1.88. The molecule has 78 valence electrons. The van der Waals surface area contributed by atoms with Crippen molar-refractivity contribution in [2.45, 2.75) is 6.61 Å². The van der Waals surface area contributed by atoms with Crippen LogP contribution in [0, 0.1) is 0 Å². The largest absolute Gasteiger partial charge is 0.480 e. The van der Waals surface area contributed by atoms with E-state index in [1.165, 1.54) is 0 Å². The lowest BCUT2D eigenvalue weighted by Crippen LogP contribution is -2.06. The molecule has 0 spiro atoms. The van der Waals surface area contributed by atoms with Crippen molar-refractivity contribution in [3.05, 3.63) is 36.3 Å². The van der Waals surface area contributed by atoms with E-state index in [0.717, 1.165) is 11.3 Å². The van der Waals surface area contributed by atoms with Crippen molar-refractivity contribution in [3.63, 3.8) is 0 Å². The number of carboxylic acids is 1. The molecule has 0 saturated heterocycles. The second kappa shape index (κ2) is 4.10. The lowest BCUT2D eigenvalue weighted by Gasteiger charge is -1.95. The molecule has 0 aliphatic heterocycles. The van der Waals surface area contributed by atoms with E-state index in [9.17, 15) is 4.79 Å². The van der Waals surface area contributed by atoms with Gasteiger partial charge in [-0.2, -0.15) is 0 Å². The van der Waals surface area contributed by atoms with Gasteiger partial charge in [0.15, 0.2) is 0 Å². The highest BCUT2D eigenvalue weighted by Crippen LogP contribution is 2.05. The van der Waals surface area contributed by atoms with Gasteiger partial charge in [0.05, 0.1) is 12.3 Å². The minimum atomic E-state index is -0.973. The fourth-order valence-corrected chi connectivity index (χ4v) is 1.30. The third-order valence-electron chi connectivity index (χ3n) is 1.89. The number of carbonyl (C=O) groups is 1. The summed E-state index contributed by atoms with van der Waals surface area (Å²) in [7, 11) is 0. The molecule has 0 aliphatic rings. The van der Waals surface area contributed by atoms with E-state index >= 15 is 0 Å². The second-order valence-corrected chi connectivity index (χ2v) is 3.08. The molecule has 5 heteroatoms. The van der Waals surface area contributed by atoms with E-state index in [1.807, 2.05) is 35.0 Å². The van der Waals surface area contributed by atoms with Crippen LogP contribution in [0.3, 0.4) is 0 Å². The fourth-order valence-electron chi connectivity index (χ4n) is 1.30. The molecule has 0 unspecified atom stereocenters. The zero-order chi connectivity index (χ0) is 10.7. The van der Waals surface area contributed by atoms with E-state index in [4.69, 9.17) is 9.84 Å². The molecule has 0 atom stereocenters. The zero-order valence-electron chi connectivity index (χ0n) is 7.96. The van der Waals surface area contributed by atoms with Gasteiger partial charge < -0.3 is 14.2 Å². The molecule has 5 nitrogen and oxygen atoms in total. The van der Waals surface area contributed by atoms with E-state index in [1.54, 1.807) is 0 Å². The number of aromatic nitrogens is 2. The number of fused-ring (bicyclic) bond motifs is 1. The van der Waals surface area contributed by atoms with Crippen LogP contribution < -0.4 is 0 Å². The van der Waals surface area contributed by atoms with Crippen molar-refractivity contribution in [1.29, 1.82) is 0 Å². The van der Waals surface area contributed by atoms with Crippen molar-refractivity contribution >= 4 is 11.6 Å². The molecule has 0 saturated carbocycles. The lowest BCUT2D eigenvalue weighted by molar-refractivity contribution is -0.142. The molecule has 0 aliphatic carbocycles. The average Bonchev–Trinajstić information content (AvgIpc) is 2.59. The summed E-state index contributed by atoms with van der Waals surface area (Å²) in [5.74, 6) is -0.973. The molecule has 2 heterocycles. The normalized spacial score (nSPS) is 10.7. The third-order valence-corrected chi connectivity index (χ3v) is 1.89. The van der Waals surface area contributed by atoms with Gasteiger partial charge in [0, 0.05) is 12.4 Å². The Bertz CT molecular complexity index is 445. The Morgan fingerprint density at radius 1 is 1.53 bits per heavy atom. The first kappa shape index (κ1) is 9.67. The number of hydrogen-bond acceptors (Lipinski definition) is 3. The van der Waals surface area contributed by atoms with E-state index in [2.05, 4.69) is 4.98 Å². The summed E-state index contributed by atoms with van der Waals surface area (Å²) in [6.07, 6.45) is 3.69. The molecular weight excluding hydrogens is 196 g/mol. The Balaban J connectivity index is 2.05. The third kappa shape index (κ3) is 2.32. The van der Waals surface area contributed by atoms with Crippen LogP contribution in [0.5, 0.6) is 0 Å². The number of imidazole rings is 1. The predicted octanol–water partition coefficient (Wildman–Crippen LogP) is 0.935. The van der Waals surface area contributed by atoms with Gasteiger partial charge in [-0.15, -0.1) is 0 Å². The summed E-state index contributed by atoms with van der Waals surface area (Å²) in [6, 6.07) is 5.67. The lowest BCUT2D eigenvalue weighted by atomic mass is 10.5. The van der Waals surface area contributed by atoms with Gasteiger partial charge in [0.2, 0.25) is 0 Å². The number of carboxylic acid groups (broad SMARTS) is 1. The Morgan fingerprint density at radius 2 is 2.40 bits per heavy atom. The van der Waals surface area contributed by atoms with Gasteiger partial charge in [0.1, 0.15) is 12.3 Å². The quantitative estimate of drug-likeness (QED) is 0.808. The Kier molecular flexibility index (Phi) is 2.64. The molecule has 1 N–H and O–H groups in total. The molecule has 0 aromatic carbocycles. The fraction of sp³-hybridized carbons (Fsp3) is 0.200. The standard InChI is InChI=1S/C10H10N2O3/c13-10(14)7-15-6-8-5-12-4-2-1-3-9(12)11-8/h1-5H,6-7H2,(H,13,14). The van der Waals surface area contributed by atoms with Crippen LogP contribution in [0.25, 0.3) is 5.65 Å². The summed E-state index contributed by atoms with van der Waals surface area (Å²) in [4.78, 5) is 14.5. The second-order valence-electron chi connectivity index (χ2n) is 3.08. The number of hydrogen-bond donors (Lipinski definition) is 1. The number of ether oxygens (including phenoxy) is 1. The number of aliphatic carboxylic acids is 1. The molecular formula is C10H10N2O3. The van der Waals surface area contributed by atoms with Gasteiger partial charge in [0.25, 0.3) is 0 Å². The molecule has 0 radical (unpaired) electrons. The highest BCUT2D eigenvalue weighted by molar-refractivity contribution is 5.67. The first-order valence-corrected chi connectivity index (χ1v) is 4.48. The topological polar surface area (TPSA) is 63.8 Å². The summed E-state index contributed by atoms with van der Waals surface area (Å²) in [6.45, 7) is -0.0815. The highest BCUT2D eigenvalue weighted by Gasteiger charge is 2.02. The molecule has 2 aromatic heterocycles. The molecule has 0 bridgehead atoms. The van der Waals surface area contributed by atoms with Crippen molar-refractivity contribution in [2.24, 2.45) is 0 Å². The maximum Gasteiger partial charge on any atom is 0.329 e. The van der Waals surface area contributed by atoms with Crippen LogP contribution in [-0.2, 0) is 16.1 Å². The molecule has 0 fully saturated rings. The predicted molar refractivity (Wildman–Crippen MR) is 52.5 cm³/mol. The van der Waals surface area contributed by atoms with E-state index < -0.39 is 5.97 Å². The summed E-state index contributed by atoms with van der Waals surface area (Å²) >= 11 is 0. The van der Waals surface area contributed by atoms with E-state index in [0.29, 0.717) is 0 Å². The van der Waals surface area contributed by atoms with Gasteiger partial charge in [-0.05, 0) is 12.1 Å². The maximum atomic E-state index is 10.2. The number of rotatable bonds is 4. The van der Waals surface area contributed by atoms with Crippen LogP contribution in [-0.4, -0.2) is 27.1 Å². The molecule has 2 aromatic rings. The zero-order valence-corrected chi connectivity index (χ0v) is 7.96. The maximum absolute atomic E-state index is 10.2. The van der Waals surface area contributed by atoms with E-state index in [-0.39, 0.29) is 13.2 Å². The number of pyridine rings is 1. The molecule has 2 rings (SSSR count). The highest BCUT2D eigenvalue weighted by atomic mass is 16.5.